The first-order valence-corrected chi connectivity index (χ1v) is 9.88. The molecule has 1 aliphatic heterocycles. The van der Waals surface area contributed by atoms with Crippen molar-refractivity contribution in [1.82, 2.24) is 10.2 Å². The van der Waals surface area contributed by atoms with E-state index < -0.39 is 5.82 Å². The van der Waals surface area contributed by atoms with Crippen LogP contribution in [0.1, 0.15) is 30.1 Å². The second kappa shape index (κ2) is 9.91. The van der Waals surface area contributed by atoms with Crippen molar-refractivity contribution in [3.8, 4) is 5.75 Å². The van der Waals surface area contributed by atoms with E-state index in [9.17, 15) is 14.0 Å². The Kier molecular flexibility index (Phi) is 7.05. The van der Waals surface area contributed by atoms with Crippen LogP contribution in [0.15, 0.2) is 48.5 Å². The van der Waals surface area contributed by atoms with Crippen molar-refractivity contribution in [1.29, 1.82) is 0 Å². The molecule has 0 atom stereocenters. The largest absolute Gasteiger partial charge is 0.494 e. The van der Waals surface area contributed by atoms with Crippen LogP contribution in [0, 0.1) is 11.7 Å². The number of carbonyl (C=O) groups is 2. The molecule has 1 aliphatic rings. The molecule has 0 saturated carbocycles. The number of hydrogen-bond acceptors (Lipinski definition) is 3. The summed E-state index contributed by atoms with van der Waals surface area (Å²) in [5.41, 5.74) is 0.801. The van der Waals surface area contributed by atoms with Crippen molar-refractivity contribution in [2.75, 3.05) is 31.6 Å². The molecule has 1 saturated heterocycles. The number of halogens is 1. The summed E-state index contributed by atoms with van der Waals surface area (Å²) in [5.74, 6) is 0.274. The summed E-state index contributed by atoms with van der Waals surface area (Å²) in [6, 6.07) is 13.0. The Labute approximate surface area is 170 Å². The van der Waals surface area contributed by atoms with Gasteiger partial charge < -0.3 is 20.3 Å². The first-order chi connectivity index (χ1) is 14.1. The number of piperidine rings is 1. The third kappa shape index (κ3) is 5.70. The summed E-state index contributed by atoms with van der Waals surface area (Å²) >= 11 is 0. The van der Waals surface area contributed by atoms with Gasteiger partial charge in [0.1, 0.15) is 11.6 Å². The Morgan fingerprint density at radius 3 is 2.45 bits per heavy atom. The van der Waals surface area contributed by atoms with Gasteiger partial charge in [0.05, 0.1) is 12.2 Å². The number of benzene rings is 2. The van der Waals surface area contributed by atoms with Crippen LogP contribution < -0.4 is 15.4 Å². The number of anilines is 1. The lowest BCUT2D eigenvalue weighted by atomic mass is 9.96. The van der Waals surface area contributed by atoms with Crippen LogP contribution in [0.25, 0.3) is 0 Å². The number of hydrogen-bond donors (Lipinski definition) is 2. The molecule has 1 fully saturated rings. The third-order valence-corrected chi connectivity index (χ3v) is 4.98. The highest BCUT2D eigenvalue weighted by Crippen LogP contribution is 2.20. The molecule has 2 aromatic rings. The van der Waals surface area contributed by atoms with Crippen molar-refractivity contribution in [3.05, 3.63) is 59.9 Å². The van der Waals surface area contributed by atoms with Gasteiger partial charge in [-0.3, -0.25) is 4.79 Å². The smallest absolute Gasteiger partial charge is 0.319 e. The van der Waals surface area contributed by atoms with Crippen molar-refractivity contribution >= 4 is 17.6 Å². The summed E-state index contributed by atoms with van der Waals surface area (Å²) in [5, 5.41) is 5.67. The number of amides is 3. The van der Waals surface area contributed by atoms with Crippen LogP contribution in [0.4, 0.5) is 14.9 Å². The summed E-state index contributed by atoms with van der Waals surface area (Å²) in [6.07, 6.45) is 1.53. The molecule has 0 aromatic heterocycles. The van der Waals surface area contributed by atoms with Crippen LogP contribution >= 0.6 is 0 Å². The molecule has 0 spiro atoms. The predicted molar refractivity (Wildman–Crippen MR) is 110 cm³/mol. The van der Waals surface area contributed by atoms with Gasteiger partial charge in [0.15, 0.2) is 0 Å². The highest BCUT2D eigenvalue weighted by Gasteiger charge is 2.25. The van der Waals surface area contributed by atoms with Crippen LogP contribution in [-0.4, -0.2) is 43.1 Å². The lowest BCUT2D eigenvalue weighted by molar-refractivity contribution is 0.0686. The predicted octanol–water partition coefficient (Wildman–Crippen LogP) is 3.90. The summed E-state index contributed by atoms with van der Waals surface area (Å²) < 4.78 is 19.2. The van der Waals surface area contributed by atoms with Gasteiger partial charge in [0.2, 0.25) is 0 Å². The molecule has 2 aromatic carbocycles. The lowest BCUT2D eigenvalue weighted by Crippen LogP contribution is -2.42. The molecule has 3 rings (SSSR count). The van der Waals surface area contributed by atoms with Crippen molar-refractivity contribution in [2.45, 2.75) is 19.8 Å². The molecule has 0 unspecified atom stereocenters. The summed E-state index contributed by atoms with van der Waals surface area (Å²) in [4.78, 5) is 26.2. The van der Waals surface area contributed by atoms with Crippen LogP contribution in [0.2, 0.25) is 0 Å². The molecular weight excluding hydrogens is 373 g/mol. The number of carbonyl (C=O) groups excluding carboxylic acids is 2. The second-order valence-corrected chi connectivity index (χ2v) is 7.01. The Morgan fingerprint density at radius 2 is 1.79 bits per heavy atom. The number of ether oxygens (including phenoxy) is 1. The van der Waals surface area contributed by atoms with Gasteiger partial charge in [0.25, 0.3) is 5.91 Å². The molecule has 29 heavy (non-hydrogen) atoms. The highest BCUT2D eigenvalue weighted by molar-refractivity contribution is 5.94. The van der Waals surface area contributed by atoms with Crippen LogP contribution in [0.3, 0.4) is 0 Å². The zero-order valence-corrected chi connectivity index (χ0v) is 16.5. The molecule has 7 heteroatoms. The number of rotatable bonds is 6. The molecule has 6 nitrogen and oxygen atoms in total. The minimum absolute atomic E-state index is 0.110. The quantitative estimate of drug-likeness (QED) is 0.774. The Morgan fingerprint density at radius 1 is 1.10 bits per heavy atom. The zero-order chi connectivity index (χ0) is 20.6. The summed E-state index contributed by atoms with van der Waals surface area (Å²) in [7, 11) is 0. The van der Waals surface area contributed by atoms with E-state index in [1.54, 1.807) is 41.3 Å². The van der Waals surface area contributed by atoms with Crippen LogP contribution in [0.5, 0.6) is 5.75 Å². The van der Waals surface area contributed by atoms with Crippen molar-refractivity contribution in [3.63, 3.8) is 0 Å². The molecule has 0 aliphatic carbocycles. The van der Waals surface area contributed by atoms with Gasteiger partial charge in [-0.25, -0.2) is 9.18 Å². The van der Waals surface area contributed by atoms with Crippen molar-refractivity contribution < 1.29 is 18.7 Å². The molecular formula is C22H26FN3O3. The SMILES string of the molecule is CCOc1ccc(NC(=O)NCC2CCN(C(=O)c3ccccc3F)CC2)cc1. The maximum atomic E-state index is 13.8. The fourth-order valence-corrected chi connectivity index (χ4v) is 3.36. The van der Waals surface area contributed by atoms with E-state index >= 15 is 0 Å². The highest BCUT2D eigenvalue weighted by atomic mass is 19.1. The molecule has 2 N–H and O–H groups in total. The molecule has 1 heterocycles. The molecule has 3 amide bonds. The summed E-state index contributed by atoms with van der Waals surface area (Å²) in [6.45, 7) is 4.16. The van der Waals surface area contributed by atoms with Gasteiger partial charge in [-0.15, -0.1) is 0 Å². The second-order valence-electron chi connectivity index (χ2n) is 7.01. The van der Waals surface area contributed by atoms with E-state index in [-0.39, 0.29) is 23.4 Å². The zero-order valence-electron chi connectivity index (χ0n) is 16.5. The van der Waals surface area contributed by atoms with Gasteiger partial charge in [0, 0.05) is 25.3 Å². The van der Waals surface area contributed by atoms with Gasteiger partial charge >= 0.3 is 6.03 Å². The maximum Gasteiger partial charge on any atom is 0.319 e. The van der Waals surface area contributed by atoms with E-state index in [0.717, 1.165) is 18.6 Å². The standard InChI is InChI=1S/C22H26FN3O3/c1-2-29-18-9-7-17(8-10-18)25-22(28)24-15-16-11-13-26(14-12-16)21(27)19-5-3-4-6-20(19)23/h3-10,16H,2,11-15H2,1H3,(H2,24,25,28). The van der Waals surface area contributed by atoms with E-state index in [1.165, 1.54) is 12.1 Å². The lowest BCUT2D eigenvalue weighted by Gasteiger charge is -2.32. The number of nitrogens with one attached hydrogen (secondary N) is 2. The van der Waals surface area contributed by atoms with E-state index in [2.05, 4.69) is 10.6 Å². The molecule has 154 valence electrons. The fourth-order valence-electron chi connectivity index (χ4n) is 3.36. The van der Waals surface area contributed by atoms with E-state index in [4.69, 9.17) is 4.74 Å². The minimum atomic E-state index is -0.493. The minimum Gasteiger partial charge on any atom is -0.494 e. The Hall–Kier alpha value is -3.09. The van der Waals surface area contributed by atoms with Gasteiger partial charge in [-0.1, -0.05) is 12.1 Å². The average Bonchev–Trinajstić information content (AvgIpc) is 2.74. The monoisotopic (exact) mass is 399 g/mol. The number of nitrogens with zero attached hydrogens (tertiary/aromatic N) is 1. The first-order valence-electron chi connectivity index (χ1n) is 9.88. The van der Waals surface area contributed by atoms with Crippen LogP contribution in [-0.2, 0) is 0 Å². The topological polar surface area (TPSA) is 70.7 Å². The van der Waals surface area contributed by atoms with Crippen molar-refractivity contribution in [2.24, 2.45) is 5.92 Å². The van der Waals surface area contributed by atoms with E-state index in [1.807, 2.05) is 6.92 Å². The van der Waals surface area contributed by atoms with E-state index in [0.29, 0.717) is 31.9 Å². The molecule has 0 bridgehead atoms. The Bertz CT molecular complexity index is 833. The van der Waals surface area contributed by atoms with Gasteiger partial charge in [-0.2, -0.15) is 0 Å². The normalized spacial score (nSPS) is 14.3. The average molecular weight is 399 g/mol. The number of likely N-dealkylation sites (tertiary alicyclic amines) is 1. The number of urea groups is 1. The maximum absolute atomic E-state index is 13.8. The first kappa shape index (κ1) is 20.6. The Balaban J connectivity index is 1.41. The van der Waals surface area contributed by atoms with Gasteiger partial charge in [-0.05, 0) is 62.1 Å². The fraction of sp³-hybridized carbons (Fsp3) is 0.364. The molecule has 0 radical (unpaired) electrons. The third-order valence-electron chi connectivity index (χ3n) is 4.98.